The molecule has 0 radical (unpaired) electrons. The van der Waals surface area contributed by atoms with E-state index in [4.69, 9.17) is 4.74 Å². The van der Waals surface area contributed by atoms with Crippen molar-refractivity contribution in [1.29, 1.82) is 0 Å². The molecular formula is C9H8BrFO2. The summed E-state index contributed by atoms with van der Waals surface area (Å²) in [7, 11) is 1.48. The third kappa shape index (κ3) is 2.06. The molecule has 0 fully saturated rings. The van der Waals surface area contributed by atoms with Crippen molar-refractivity contribution in [2.75, 3.05) is 7.11 Å². The van der Waals surface area contributed by atoms with E-state index in [1.807, 2.05) is 0 Å². The molecule has 0 aromatic heterocycles. The Morgan fingerprint density at radius 2 is 2.31 bits per heavy atom. The van der Waals surface area contributed by atoms with E-state index in [-0.39, 0.29) is 5.56 Å². The first-order valence-electron chi connectivity index (χ1n) is 3.60. The lowest BCUT2D eigenvalue weighted by atomic mass is 10.1. The van der Waals surface area contributed by atoms with Gasteiger partial charge in [-0.25, -0.2) is 4.39 Å². The molecule has 0 saturated heterocycles. The molecule has 1 aromatic rings. The average Bonchev–Trinajstić information content (AvgIpc) is 2.17. The van der Waals surface area contributed by atoms with Crippen LogP contribution in [-0.2, 0) is 5.33 Å². The van der Waals surface area contributed by atoms with Gasteiger partial charge in [0.2, 0.25) is 0 Å². The molecule has 0 aliphatic heterocycles. The van der Waals surface area contributed by atoms with E-state index in [1.54, 1.807) is 0 Å². The molecule has 2 nitrogen and oxygen atoms in total. The molecule has 0 unspecified atom stereocenters. The lowest BCUT2D eigenvalue weighted by Crippen LogP contribution is -1.95. The number of ether oxygens (including phenoxy) is 1. The Bertz CT molecular complexity index is 326. The number of halogens is 2. The molecule has 0 N–H and O–H groups in total. The summed E-state index contributed by atoms with van der Waals surface area (Å²) in [4.78, 5) is 10.4. The molecule has 1 aromatic carbocycles. The smallest absolute Gasteiger partial charge is 0.153 e. The summed E-state index contributed by atoms with van der Waals surface area (Å²) in [5.74, 6) is -0.00868. The van der Waals surface area contributed by atoms with Crippen LogP contribution in [0, 0.1) is 5.82 Å². The molecular weight excluding hydrogens is 239 g/mol. The zero-order valence-corrected chi connectivity index (χ0v) is 8.60. The van der Waals surface area contributed by atoms with Gasteiger partial charge in [-0.1, -0.05) is 15.9 Å². The van der Waals surface area contributed by atoms with Crippen LogP contribution in [-0.4, -0.2) is 13.4 Å². The van der Waals surface area contributed by atoms with Gasteiger partial charge < -0.3 is 4.74 Å². The highest BCUT2D eigenvalue weighted by Gasteiger charge is 2.08. The molecule has 0 aliphatic carbocycles. The van der Waals surface area contributed by atoms with Crippen LogP contribution in [0.4, 0.5) is 4.39 Å². The van der Waals surface area contributed by atoms with E-state index in [1.165, 1.54) is 19.2 Å². The van der Waals surface area contributed by atoms with Crippen molar-refractivity contribution in [1.82, 2.24) is 0 Å². The van der Waals surface area contributed by atoms with Crippen molar-refractivity contribution in [2.45, 2.75) is 5.33 Å². The molecule has 0 saturated carbocycles. The summed E-state index contributed by atoms with van der Waals surface area (Å²) in [5.41, 5.74) is 0.701. The molecule has 70 valence electrons. The minimum Gasteiger partial charge on any atom is -0.496 e. The van der Waals surface area contributed by atoms with Crippen LogP contribution in [0.25, 0.3) is 0 Å². The Balaban J connectivity index is 3.26. The molecule has 13 heavy (non-hydrogen) atoms. The molecule has 1 rings (SSSR count). The monoisotopic (exact) mass is 246 g/mol. The summed E-state index contributed by atoms with van der Waals surface area (Å²) in [5, 5.41) is 0.492. The SMILES string of the molecule is COc1cc(C=O)c(F)cc1CBr. The van der Waals surface area contributed by atoms with Crippen molar-refractivity contribution in [3.63, 3.8) is 0 Å². The van der Waals surface area contributed by atoms with E-state index >= 15 is 0 Å². The van der Waals surface area contributed by atoms with E-state index < -0.39 is 5.82 Å². The number of hydrogen-bond acceptors (Lipinski definition) is 2. The van der Waals surface area contributed by atoms with Crippen molar-refractivity contribution < 1.29 is 13.9 Å². The van der Waals surface area contributed by atoms with Crippen LogP contribution in [0.1, 0.15) is 15.9 Å². The van der Waals surface area contributed by atoms with Gasteiger partial charge in [0.15, 0.2) is 6.29 Å². The van der Waals surface area contributed by atoms with Crippen LogP contribution in [0.3, 0.4) is 0 Å². The highest BCUT2D eigenvalue weighted by molar-refractivity contribution is 9.08. The molecule has 0 spiro atoms. The highest BCUT2D eigenvalue weighted by atomic mass is 79.9. The standard InChI is InChI=1S/C9H8BrFO2/c1-13-9-3-7(5-12)8(11)2-6(9)4-10/h2-3,5H,4H2,1H3. The fourth-order valence-electron chi connectivity index (χ4n) is 0.995. The molecule has 0 amide bonds. The van der Waals surface area contributed by atoms with Crippen LogP contribution < -0.4 is 4.74 Å². The van der Waals surface area contributed by atoms with E-state index in [9.17, 15) is 9.18 Å². The van der Waals surface area contributed by atoms with Gasteiger partial charge in [-0.05, 0) is 12.1 Å². The highest BCUT2D eigenvalue weighted by Crippen LogP contribution is 2.23. The lowest BCUT2D eigenvalue weighted by Gasteiger charge is -2.06. The number of hydrogen-bond donors (Lipinski definition) is 0. The second-order valence-corrected chi connectivity index (χ2v) is 3.00. The third-order valence-corrected chi connectivity index (χ3v) is 2.27. The van der Waals surface area contributed by atoms with Crippen LogP contribution >= 0.6 is 15.9 Å². The normalized spacial score (nSPS) is 9.77. The minimum absolute atomic E-state index is 0.0153. The first-order chi connectivity index (χ1) is 6.22. The summed E-state index contributed by atoms with van der Waals surface area (Å²) in [6.07, 6.45) is 0.468. The zero-order valence-electron chi connectivity index (χ0n) is 7.01. The van der Waals surface area contributed by atoms with Crippen molar-refractivity contribution in [3.05, 3.63) is 29.1 Å². The predicted octanol–water partition coefficient (Wildman–Crippen LogP) is 2.54. The molecule has 0 heterocycles. The molecule has 0 atom stereocenters. The molecule has 4 heteroatoms. The van der Waals surface area contributed by atoms with Crippen LogP contribution in [0.15, 0.2) is 12.1 Å². The maximum Gasteiger partial charge on any atom is 0.153 e. The van der Waals surface area contributed by atoms with Crippen molar-refractivity contribution in [2.24, 2.45) is 0 Å². The number of carbonyl (C=O) groups excluding carboxylic acids is 1. The van der Waals surface area contributed by atoms with Gasteiger partial charge in [0.1, 0.15) is 11.6 Å². The van der Waals surface area contributed by atoms with Gasteiger partial charge in [-0.15, -0.1) is 0 Å². The zero-order chi connectivity index (χ0) is 9.84. The first kappa shape index (κ1) is 10.2. The topological polar surface area (TPSA) is 26.3 Å². The second-order valence-electron chi connectivity index (χ2n) is 2.44. The Hall–Kier alpha value is -0.900. The van der Waals surface area contributed by atoms with Gasteiger partial charge in [0, 0.05) is 10.9 Å². The number of rotatable bonds is 3. The first-order valence-corrected chi connectivity index (χ1v) is 4.72. The summed E-state index contributed by atoms with van der Waals surface area (Å²) in [6, 6.07) is 2.68. The van der Waals surface area contributed by atoms with Gasteiger partial charge in [-0.2, -0.15) is 0 Å². The van der Waals surface area contributed by atoms with E-state index in [0.29, 0.717) is 22.9 Å². The fraction of sp³-hybridized carbons (Fsp3) is 0.222. The predicted molar refractivity (Wildman–Crippen MR) is 51.0 cm³/mol. The van der Waals surface area contributed by atoms with Gasteiger partial charge in [0.25, 0.3) is 0 Å². The average molecular weight is 247 g/mol. The maximum atomic E-state index is 13.0. The van der Waals surface area contributed by atoms with Crippen molar-refractivity contribution >= 4 is 22.2 Å². The fourth-order valence-corrected chi connectivity index (χ4v) is 1.43. The van der Waals surface area contributed by atoms with Crippen LogP contribution in [0.2, 0.25) is 0 Å². The number of carbonyl (C=O) groups is 1. The van der Waals surface area contributed by atoms with Crippen LogP contribution in [0.5, 0.6) is 5.75 Å². The Morgan fingerprint density at radius 3 is 2.77 bits per heavy atom. The maximum absolute atomic E-state index is 13.0. The Morgan fingerprint density at radius 1 is 1.62 bits per heavy atom. The molecule has 0 bridgehead atoms. The number of methoxy groups -OCH3 is 1. The minimum atomic E-state index is -0.523. The third-order valence-electron chi connectivity index (χ3n) is 1.67. The Kier molecular flexibility index (Phi) is 3.42. The summed E-state index contributed by atoms with van der Waals surface area (Å²) < 4.78 is 18.0. The largest absolute Gasteiger partial charge is 0.496 e. The lowest BCUT2D eigenvalue weighted by molar-refractivity contribution is 0.111. The van der Waals surface area contributed by atoms with Gasteiger partial charge in [-0.3, -0.25) is 4.79 Å². The van der Waals surface area contributed by atoms with E-state index in [2.05, 4.69) is 15.9 Å². The second kappa shape index (κ2) is 4.37. The van der Waals surface area contributed by atoms with Gasteiger partial charge in [0.05, 0.1) is 12.7 Å². The number of benzene rings is 1. The molecule has 0 aliphatic rings. The van der Waals surface area contributed by atoms with Crippen molar-refractivity contribution in [3.8, 4) is 5.75 Å². The Labute approximate surface area is 83.8 Å². The quantitative estimate of drug-likeness (QED) is 0.606. The summed E-state index contributed by atoms with van der Waals surface area (Å²) >= 11 is 3.19. The summed E-state index contributed by atoms with van der Waals surface area (Å²) in [6.45, 7) is 0. The van der Waals surface area contributed by atoms with Gasteiger partial charge >= 0.3 is 0 Å². The number of aldehydes is 1. The van der Waals surface area contributed by atoms with E-state index in [0.717, 1.165) is 0 Å². The number of alkyl halides is 1.